The SMILES string of the molecule is CCCCCCCCCOC(=O)C(C)(C)CCCCCCN(CCCCO)CCCCCCCC(=O)OCC(CCCCCCC)CCCCCCC. The lowest BCUT2D eigenvalue weighted by molar-refractivity contribution is -0.154. The van der Waals surface area contributed by atoms with Gasteiger partial charge in [-0.3, -0.25) is 9.59 Å². The van der Waals surface area contributed by atoms with Crippen LogP contribution in [-0.2, 0) is 19.1 Å². The van der Waals surface area contributed by atoms with Gasteiger partial charge in [0.05, 0.1) is 18.6 Å². The molecule has 316 valence electrons. The van der Waals surface area contributed by atoms with Crippen molar-refractivity contribution in [2.75, 3.05) is 39.5 Å². The number of hydrogen-bond donors (Lipinski definition) is 1. The van der Waals surface area contributed by atoms with E-state index in [-0.39, 0.29) is 18.5 Å². The first-order chi connectivity index (χ1) is 25.8. The van der Waals surface area contributed by atoms with Gasteiger partial charge in [0.1, 0.15) is 0 Å². The summed E-state index contributed by atoms with van der Waals surface area (Å²) in [6, 6.07) is 0. The maximum absolute atomic E-state index is 12.7. The molecular weight excluding hydrogens is 659 g/mol. The highest BCUT2D eigenvalue weighted by atomic mass is 16.5. The first kappa shape index (κ1) is 51.9. The molecule has 0 fully saturated rings. The summed E-state index contributed by atoms with van der Waals surface area (Å²) in [5, 5.41) is 9.30. The van der Waals surface area contributed by atoms with Gasteiger partial charge >= 0.3 is 11.9 Å². The summed E-state index contributed by atoms with van der Waals surface area (Å²) in [7, 11) is 0. The second-order valence-corrected chi connectivity index (χ2v) is 17.1. The van der Waals surface area contributed by atoms with Gasteiger partial charge in [0.15, 0.2) is 0 Å². The van der Waals surface area contributed by atoms with Crippen LogP contribution in [0.4, 0.5) is 0 Å². The minimum atomic E-state index is -0.401. The van der Waals surface area contributed by atoms with E-state index in [1.165, 1.54) is 141 Å². The van der Waals surface area contributed by atoms with Crippen molar-refractivity contribution < 1.29 is 24.2 Å². The number of rotatable bonds is 42. The highest BCUT2D eigenvalue weighted by molar-refractivity contribution is 5.75. The van der Waals surface area contributed by atoms with E-state index >= 15 is 0 Å². The molecular formula is C47H93NO5. The third-order valence-electron chi connectivity index (χ3n) is 11.2. The summed E-state index contributed by atoms with van der Waals surface area (Å²) < 4.78 is 11.4. The lowest BCUT2D eigenvalue weighted by Gasteiger charge is -2.23. The molecule has 53 heavy (non-hydrogen) atoms. The molecule has 0 saturated carbocycles. The molecule has 0 radical (unpaired) electrons. The molecule has 0 bridgehead atoms. The van der Waals surface area contributed by atoms with E-state index in [2.05, 4.69) is 25.7 Å². The van der Waals surface area contributed by atoms with Gasteiger partial charge in [-0.25, -0.2) is 0 Å². The first-order valence-corrected chi connectivity index (χ1v) is 23.5. The molecule has 0 unspecified atom stereocenters. The largest absolute Gasteiger partial charge is 0.465 e. The Balaban J connectivity index is 4.18. The van der Waals surface area contributed by atoms with Crippen molar-refractivity contribution in [3.8, 4) is 0 Å². The van der Waals surface area contributed by atoms with E-state index in [1.54, 1.807) is 0 Å². The average Bonchev–Trinajstić information content (AvgIpc) is 3.14. The van der Waals surface area contributed by atoms with Crippen LogP contribution in [0.15, 0.2) is 0 Å². The van der Waals surface area contributed by atoms with Crippen molar-refractivity contribution in [3.05, 3.63) is 0 Å². The second kappa shape index (κ2) is 39.1. The van der Waals surface area contributed by atoms with Crippen LogP contribution in [0.5, 0.6) is 0 Å². The zero-order chi connectivity index (χ0) is 39.1. The quantitative estimate of drug-likeness (QED) is 0.0494. The molecule has 0 aliphatic carbocycles. The third-order valence-corrected chi connectivity index (χ3v) is 11.2. The van der Waals surface area contributed by atoms with Gasteiger partial charge in [-0.1, -0.05) is 162 Å². The monoisotopic (exact) mass is 752 g/mol. The van der Waals surface area contributed by atoms with Gasteiger partial charge in [-0.15, -0.1) is 0 Å². The molecule has 0 aromatic rings. The second-order valence-electron chi connectivity index (χ2n) is 17.1. The molecule has 6 heteroatoms. The van der Waals surface area contributed by atoms with Crippen molar-refractivity contribution in [3.63, 3.8) is 0 Å². The number of unbranched alkanes of at least 4 members (excludes halogenated alkanes) is 22. The fraction of sp³-hybridized carbons (Fsp3) is 0.957. The van der Waals surface area contributed by atoms with Crippen molar-refractivity contribution >= 4 is 11.9 Å². The van der Waals surface area contributed by atoms with Crippen LogP contribution in [0, 0.1) is 11.3 Å². The summed E-state index contributed by atoms with van der Waals surface area (Å²) in [4.78, 5) is 27.8. The minimum Gasteiger partial charge on any atom is -0.465 e. The molecule has 6 nitrogen and oxygen atoms in total. The van der Waals surface area contributed by atoms with Crippen LogP contribution < -0.4 is 0 Å². The molecule has 0 heterocycles. The smallest absolute Gasteiger partial charge is 0.311 e. The van der Waals surface area contributed by atoms with E-state index in [9.17, 15) is 14.7 Å². The zero-order valence-corrected chi connectivity index (χ0v) is 36.5. The molecule has 0 aliphatic rings. The highest BCUT2D eigenvalue weighted by Gasteiger charge is 2.28. The molecule has 0 aromatic heterocycles. The Hall–Kier alpha value is -1.14. The Morgan fingerprint density at radius 3 is 1.49 bits per heavy atom. The lowest BCUT2D eigenvalue weighted by Crippen LogP contribution is -2.28. The van der Waals surface area contributed by atoms with E-state index in [0.29, 0.717) is 25.6 Å². The standard InChI is InChI=1S/C47H93NO5/c1-6-9-12-15-16-24-33-42-52-46(51)47(4,5)37-28-21-23-30-39-48(40-31-32-41-49)38-29-22-17-20-27-36-45(50)53-43-44(34-25-18-13-10-7-2)35-26-19-14-11-8-3/h44,49H,6-43H2,1-5H3. The molecule has 0 atom stereocenters. The summed E-state index contributed by atoms with van der Waals surface area (Å²) in [6.07, 6.45) is 37.7. The van der Waals surface area contributed by atoms with E-state index in [4.69, 9.17) is 9.47 Å². The Bertz CT molecular complexity index is 773. The third kappa shape index (κ3) is 35.0. The van der Waals surface area contributed by atoms with E-state index in [0.717, 1.165) is 77.4 Å². The normalized spacial score (nSPS) is 11.9. The predicted octanol–water partition coefficient (Wildman–Crippen LogP) is 13.6. The zero-order valence-electron chi connectivity index (χ0n) is 36.5. The molecule has 0 amide bonds. The fourth-order valence-electron chi connectivity index (χ4n) is 7.36. The van der Waals surface area contributed by atoms with Crippen LogP contribution in [-0.4, -0.2) is 61.4 Å². The van der Waals surface area contributed by atoms with Crippen molar-refractivity contribution in [1.29, 1.82) is 0 Å². The van der Waals surface area contributed by atoms with Gasteiger partial charge in [0.25, 0.3) is 0 Å². The molecule has 1 N–H and O–H groups in total. The summed E-state index contributed by atoms with van der Waals surface area (Å²) in [6.45, 7) is 15.6. The highest BCUT2D eigenvalue weighted by Crippen LogP contribution is 2.26. The van der Waals surface area contributed by atoms with Gasteiger partial charge in [0.2, 0.25) is 0 Å². The van der Waals surface area contributed by atoms with Crippen molar-refractivity contribution in [2.45, 2.75) is 240 Å². The predicted molar refractivity (Wildman–Crippen MR) is 227 cm³/mol. The number of esters is 2. The molecule has 0 rings (SSSR count). The number of carbonyl (C=O) groups is 2. The Kier molecular flexibility index (Phi) is 38.3. The summed E-state index contributed by atoms with van der Waals surface area (Å²) in [5.74, 6) is 0.508. The van der Waals surface area contributed by atoms with Gasteiger partial charge in [0, 0.05) is 13.0 Å². The van der Waals surface area contributed by atoms with Crippen LogP contribution in [0.1, 0.15) is 240 Å². The Morgan fingerprint density at radius 2 is 0.962 bits per heavy atom. The number of nitrogens with zero attached hydrogens (tertiary/aromatic N) is 1. The van der Waals surface area contributed by atoms with E-state index in [1.807, 2.05) is 13.8 Å². The fourth-order valence-corrected chi connectivity index (χ4v) is 7.36. The number of aliphatic hydroxyl groups is 1. The van der Waals surface area contributed by atoms with E-state index < -0.39 is 5.41 Å². The average molecular weight is 752 g/mol. The van der Waals surface area contributed by atoms with Gasteiger partial charge in [-0.2, -0.15) is 0 Å². The van der Waals surface area contributed by atoms with Crippen LogP contribution in [0.2, 0.25) is 0 Å². The minimum absolute atomic E-state index is 0.00400. The Morgan fingerprint density at radius 1 is 0.528 bits per heavy atom. The number of hydrogen-bond acceptors (Lipinski definition) is 6. The van der Waals surface area contributed by atoms with Crippen molar-refractivity contribution in [2.24, 2.45) is 11.3 Å². The van der Waals surface area contributed by atoms with Crippen LogP contribution in [0.25, 0.3) is 0 Å². The molecule has 0 aliphatic heterocycles. The first-order valence-electron chi connectivity index (χ1n) is 23.5. The lowest BCUT2D eigenvalue weighted by atomic mass is 9.87. The molecule has 0 aromatic carbocycles. The number of ether oxygens (including phenoxy) is 2. The molecule has 0 saturated heterocycles. The maximum Gasteiger partial charge on any atom is 0.311 e. The maximum atomic E-state index is 12.7. The summed E-state index contributed by atoms with van der Waals surface area (Å²) in [5.41, 5.74) is -0.401. The summed E-state index contributed by atoms with van der Waals surface area (Å²) >= 11 is 0. The Labute approximate surface area is 331 Å². The van der Waals surface area contributed by atoms with Crippen LogP contribution in [0.3, 0.4) is 0 Å². The topological polar surface area (TPSA) is 76.1 Å². The molecule has 0 spiro atoms. The van der Waals surface area contributed by atoms with Gasteiger partial charge in [-0.05, 0) is 97.2 Å². The van der Waals surface area contributed by atoms with Crippen molar-refractivity contribution in [1.82, 2.24) is 4.90 Å². The van der Waals surface area contributed by atoms with Gasteiger partial charge < -0.3 is 19.5 Å². The number of carbonyl (C=O) groups excluding carboxylic acids is 2. The number of aliphatic hydroxyl groups excluding tert-OH is 1. The van der Waals surface area contributed by atoms with Crippen LogP contribution >= 0.6 is 0 Å².